The van der Waals surface area contributed by atoms with Gasteiger partial charge in [0.15, 0.2) is 0 Å². The quantitative estimate of drug-likeness (QED) is 0.835. The van der Waals surface area contributed by atoms with Crippen LogP contribution < -0.4 is 0 Å². The van der Waals surface area contributed by atoms with Gasteiger partial charge in [0, 0.05) is 36.1 Å². The first kappa shape index (κ1) is 16.5. The van der Waals surface area contributed by atoms with Crippen LogP contribution in [0.15, 0.2) is 30.3 Å². The van der Waals surface area contributed by atoms with E-state index in [4.69, 9.17) is 4.98 Å². The van der Waals surface area contributed by atoms with Crippen molar-refractivity contribution in [2.45, 2.75) is 45.1 Å². The molecule has 2 aliphatic rings. The Morgan fingerprint density at radius 2 is 1.96 bits per heavy atom. The summed E-state index contributed by atoms with van der Waals surface area (Å²) in [6.45, 7) is 8.20. The van der Waals surface area contributed by atoms with Crippen LogP contribution in [0.5, 0.6) is 0 Å². The van der Waals surface area contributed by atoms with Gasteiger partial charge in [0.25, 0.3) is 5.91 Å². The van der Waals surface area contributed by atoms with Crippen LogP contribution in [0.25, 0.3) is 10.9 Å². The van der Waals surface area contributed by atoms with Crippen LogP contribution in [0.1, 0.15) is 55.1 Å². The van der Waals surface area contributed by atoms with E-state index in [-0.39, 0.29) is 5.91 Å². The maximum Gasteiger partial charge on any atom is 0.254 e. The molecule has 1 amide bonds. The fraction of sp³-hybridized carbons (Fsp3) is 0.524. The van der Waals surface area contributed by atoms with Crippen LogP contribution >= 0.6 is 0 Å². The maximum absolute atomic E-state index is 13.3. The highest BCUT2D eigenvalue weighted by Gasteiger charge is 2.32. The summed E-state index contributed by atoms with van der Waals surface area (Å²) in [5, 5.41) is 0.989. The van der Waals surface area contributed by atoms with Crippen LogP contribution in [0.3, 0.4) is 0 Å². The van der Waals surface area contributed by atoms with E-state index in [2.05, 4.69) is 24.8 Å². The van der Waals surface area contributed by atoms with Gasteiger partial charge in [-0.05, 0) is 44.5 Å². The first-order valence-corrected chi connectivity index (χ1v) is 9.64. The number of amides is 1. The Kier molecular flexibility index (Phi) is 4.46. The zero-order valence-electron chi connectivity index (χ0n) is 15.2. The van der Waals surface area contributed by atoms with Gasteiger partial charge < -0.3 is 4.90 Å². The van der Waals surface area contributed by atoms with Crippen LogP contribution in [0.2, 0.25) is 0 Å². The molecule has 1 saturated heterocycles. The van der Waals surface area contributed by atoms with Crippen molar-refractivity contribution in [1.82, 2.24) is 14.8 Å². The molecule has 0 unspecified atom stereocenters. The number of likely N-dealkylation sites (N-methyl/N-ethyl adjacent to an activating group) is 1. The molecule has 4 heteroatoms. The number of para-hydroxylation sites is 1. The molecular weight excluding hydrogens is 310 g/mol. The molecule has 2 fully saturated rings. The molecule has 1 saturated carbocycles. The fourth-order valence-electron chi connectivity index (χ4n) is 4.10. The normalized spacial score (nSPS) is 20.6. The van der Waals surface area contributed by atoms with Crippen molar-refractivity contribution in [2.24, 2.45) is 0 Å². The van der Waals surface area contributed by atoms with Gasteiger partial charge in [-0.1, -0.05) is 32.0 Å². The van der Waals surface area contributed by atoms with E-state index in [9.17, 15) is 4.79 Å². The van der Waals surface area contributed by atoms with E-state index in [0.29, 0.717) is 12.0 Å². The predicted octanol–water partition coefficient (Wildman–Crippen LogP) is 3.67. The van der Waals surface area contributed by atoms with Crippen molar-refractivity contribution < 1.29 is 4.79 Å². The number of fused-ring (bicyclic) bond motifs is 1. The zero-order valence-corrected chi connectivity index (χ0v) is 15.2. The molecule has 132 valence electrons. The number of nitrogens with zero attached hydrogens (tertiary/aromatic N) is 3. The van der Waals surface area contributed by atoms with Crippen LogP contribution in [-0.4, -0.2) is 52.9 Å². The van der Waals surface area contributed by atoms with E-state index in [1.165, 1.54) is 12.8 Å². The monoisotopic (exact) mass is 337 g/mol. The lowest BCUT2D eigenvalue weighted by atomic mass is 10.0. The van der Waals surface area contributed by atoms with Gasteiger partial charge in [-0.25, -0.2) is 0 Å². The molecule has 25 heavy (non-hydrogen) atoms. The second-order valence-corrected chi connectivity index (χ2v) is 7.30. The molecule has 4 rings (SSSR count). The number of rotatable bonds is 5. The number of carbonyl (C=O) groups is 1. The zero-order chi connectivity index (χ0) is 17.4. The molecule has 0 N–H and O–H groups in total. The third kappa shape index (κ3) is 3.15. The minimum Gasteiger partial charge on any atom is -0.337 e. The second kappa shape index (κ2) is 6.75. The number of likely N-dealkylation sites (tertiary alicyclic amines) is 1. The molecule has 1 aromatic carbocycles. The van der Waals surface area contributed by atoms with Crippen molar-refractivity contribution in [3.05, 3.63) is 41.6 Å². The molecule has 1 aliphatic heterocycles. The Morgan fingerprint density at radius 1 is 1.20 bits per heavy atom. The van der Waals surface area contributed by atoms with Gasteiger partial charge in [-0.2, -0.15) is 0 Å². The minimum atomic E-state index is 0.176. The molecule has 1 atom stereocenters. The van der Waals surface area contributed by atoms with Crippen LogP contribution in [0, 0.1) is 0 Å². The topological polar surface area (TPSA) is 36.4 Å². The number of hydrogen-bond acceptors (Lipinski definition) is 3. The van der Waals surface area contributed by atoms with Crippen molar-refractivity contribution in [2.75, 3.05) is 26.2 Å². The molecule has 0 bridgehead atoms. The lowest BCUT2D eigenvalue weighted by Gasteiger charge is -2.26. The average molecular weight is 337 g/mol. The Labute approximate surface area is 149 Å². The summed E-state index contributed by atoms with van der Waals surface area (Å²) in [5.41, 5.74) is 2.89. The highest BCUT2D eigenvalue weighted by Crippen LogP contribution is 2.40. The minimum absolute atomic E-state index is 0.176. The maximum atomic E-state index is 13.3. The summed E-state index contributed by atoms with van der Waals surface area (Å²) in [5.74, 6) is 0.730. The van der Waals surface area contributed by atoms with Gasteiger partial charge in [0.1, 0.15) is 0 Å². The predicted molar refractivity (Wildman–Crippen MR) is 101 cm³/mol. The second-order valence-electron chi connectivity index (χ2n) is 7.30. The summed E-state index contributed by atoms with van der Waals surface area (Å²) >= 11 is 0. The van der Waals surface area contributed by atoms with E-state index < -0.39 is 0 Å². The van der Waals surface area contributed by atoms with Gasteiger partial charge in [0.05, 0.1) is 11.1 Å². The molecule has 2 aromatic rings. The lowest BCUT2D eigenvalue weighted by Crippen LogP contribution is -2.38. The van der Waals surface area contributed by atoms with E-state index >= 15 is 0 Å². The van der Waals surface area contributed by atoms with Crippen molar-refractivity contribution in [3.8, 4) is 0 Å². The Morgan fingerprint density at radius 3 is 2.68 bits per heavy atom. The third-order valence-corrected chi connectivity index (χ3v) is 5.74. The highest BCUT2D eigenvalue weighted by atomic mass is 16.2. The van der Waals surface area contributed by atoms with Crippen molar-refractivity contribution in [1.29, 1.82) is 0 Å². The molecule has 1 aliphatic carbocycles. The van der Waals surface area contributed by atoms with Gasteiger partial charge in [0.2, 0.25) is 0 Å². The molecule has 1 aromatic heterocycles. The summed E-state index contributed by atoms with van der Waals surface area (Å²) in [6, 6.07) is 10.6. The number of hydrogen-bond donors (Lipinski definition) is 0. The van der Waals surface area contributed by atoms with Crippen LogP contribution in [-0.2, 0) is 0 Å². The first-order valence-electron chi connectivity index (χ1n) is 9.64. The van der Waals surface area contributed by atoms with Gasteiger partial charge in [-0.15, -0.1) is 0 Å². The molecule has 0 spiro atoms. The Balaban J connectivity index is 1.64. The van der Waals surface area contributed by atoms with E-state index in [1.54, 1.807) is 0 Å². The third-order valence-electron chi connectivity index (χ3n) is 5.74. The fourth-order valence-corrected chi connectivity index (χ4v) is 4.10. The highest BCUT2D eigenvalue weighted by molar-refractivity contribution is 6.06. The van der Waals surface area contributed by atoms with Crippen molar-refractivity contribution in [3.63, 3.8) is 0 Å². The molecule has 4 nitrogen and oxygen atoms in total. The number of carbonyl (C=O) groups excluding carboxylic acids is 1. The Hall–Kier alpha value is -1.94. The standard InChI is InChI=1S/C21H27N3O/c1-3-23(4-2)16-11-12-24(14-16)21(25)18-13-20(15-9-10-15)22-19-8-6-5-7-17(18)19/h5-8,13,15-16H,3-4,9-12,14H2,1-2H3/t16-/m1/s1. The summed E-state index contributed by atoms with van der Waals surface area (Å²) in [4.78, 5) is 22.6. The van der Waals surface area contributed by atoms with E-state index in [1.807, 2.05) is 29.2 Å². The summed E-state index contributed by atoms with van der Waals surface area (Å²) in [6.07, 6.45) is 3.48. The van der Waals surface area contributed by atoms with Gasteiger partial charge in [-0.3, -0.25) is 14.7 Å². The largest absolute Gasteiger partial charge is 0.337 e. The first-order chi connectivity index (χ1) is 12.2. The summed E-state index contributed by atoms with van der Waals surface area (Å²) < 4.78 is 0. The average Bonchev–Trinajstić information content (AvgIpc) is 3.39. The lowest BCUT2D eigenvalue weighted by molar-refractivity contribution is 0.0779. The SMILES string of the molecule is CCN(CC)[C@@H]1CCN(C(=O)c2cc(C3CC3)nc3ccccc23)C1. The molecule has 2 heterocycles. The number of aromatic nitrogens is 1. The van der Waals surface area contributed by atoms with Crippen LogP contribution in [0.4, 0.5) is 0 Å². The molecule has 0 radical (unpaired) electrons. The van der Waals surface area contributed by atoms with E-state index in [0.717, 1.165) is 54.8 Å². The van der Waals surface area contributed by atoms with Gasteiger partial charge >= 0.3 is 0 Å². The number of pyridine rings is 1. The molecular formula is C21H27N3O. The van der Waals surface area contributed by atoms with Crippen molar-refractivity contribution >= 4 is 16.8 Å². The smallest absolute Gasteiger partial charge is 0.254 e. The Bertz CT molecular complexity index is 780. The summed E-state index contributed by atoms with van der Waals surface area (Å²) in [7, 11) is 0. The number of benzene rings is 1.